The second kappa shape index (κ2) is 10.9. The lowest BCUT2D eigenvalue weighted by molar-refractivity contribution is 0.120. The smallest absolute Gasteiger partial charge is 0.191 e. The average Bonchev–Trinajstić information content (AvgIpc) is 2.91. The molecule has 0 aliphatic heterocycles. The highest BCUT2D eigenvalue weighted by atomic mass is 127. The standard InChI is InChI=1S/C16H29N5O.HI/c1-3-17-16(20-14-6-8-15(22)9-7-14)18-10-4-5-13-11-19-21(2)12-13;/h11-12,14-15,22H,3-10H2,1-2H3,(H2,17,18,20);1H. The van der Waals surface area contributed by atoms with Crippen molar-refractivity contribution in [3.63, 3.8) is 0 Å². The number of hydrogen-bond donors (Lipinski definition) is 3. The quantitative estimate of drug-likeness (QED) is 0.276. The van der Waals surface area contributed by atoms with Crippen molar-refractivity contribution in [2.45, 2.75) is 57.6 Å². The third-order valence-corrected chi connectivity index (χ3v) is 4.03. The molecule has 0 unspecified atom stereocenters. The van der Waals surface area contributed by atoms with E-state index < -0.39 is 0 Å². The summed E-state index contributed by atoms with van der Waals surface area (Å²) in [5, 5.41) is 20.5. The second-order valence-corrected chi connectivity index (χ2v) is 6.04. The molecule has 0 radical (unpaired) electrons. The van der Waals surface area contributed by atoms with Crippen LogP contribution in [0.5, 0.6) is 0 Å². The van der Waals surface area contributed by atoms with Gasteiger partial charge < -0.3 is 15.7 Å². The molecular formula is C16H30IN5O. The first-order chi connectivity index (χ1) is 10.7. The number of aryl methyl sites for hydroxylation is 2. The molecule has 1 aliphatic carbocycles. The van der Waals surface area contributed by atoms with Gasteiger partial charge in [-0.1, -0.05) is 0 Å². The van der Waals surface area contributed by atoms with Crippen LogP contribution in [0.1, 0.15) is 44.6 Å². The highest BCUT2D eigenvalue weighted by Gasteiger charge is 2.19. The second-order valence-electron chi connectivity index (χ2n) is 6.04. The average molecular weight is 435 g/mol. The van der Waals surface area contributed by atoms with Crippen molar-refractivity contribution in [3.05, 3.63) is 18.0 Å². The molecule has 1 heterocycles. The first kappa shape index (κ1) is 20.2. The lowest BCUT2D eigenvalue weighted by Gasteiger charge is -2.27. The van der Waals surface area contributed by atoms with E-state index in [4.69, 9.17) is 0 Å². The van der Waals surface area contributed by atoms with Crippen LogP contribution in [0.4, 0.5) is 0 Å². The SMILES string of the molecule is CCNC(=NCCCc1cnn(C)c1)NC1CCC(O)CC1.I. The van der Waals surface area contributed by atoms with E-state index >= 15 is 0 Å². The summed E-state index contributed by atoms with van der Waals surface area (Å²) >= 11 is 0. The molecule has 2 rings (SSSR count). The molecule has 1 aromatic heterocycles. The van der Waals surface area contributed by atoms with E-state index in [9.17, 15) is 5.11 Å². The minimum absolute atomic E-state index is 0. The molecule has 6 nitrogen and oxygen atoms in total. The number of rotatable bonds is 6. The van der Waals surface area contributed by atoms with Crippen molar-refractivity contribution >= 4 is 29.9 Å². The van der Waals surface area contributed by atoms with Crippen molar-refractivity contribution in [2.75, 3.05) is 13.1 Å². The molecule has 1 aliphatic rings. The van der Waals surface area contributed by atoms with Crippen molar-refractivity contribution in [1.82, 2.24) is 20.4 Å². The molecule has 0 spiro atoms. The van der Waals surface area contributed by atoms with Crippen LogP contribution in [0, 0.1) is 0 Å². The molecule has 7 heteroatoms. The van der Waals surface area contributed by atoms with Gasteiger partial charge in [0.1, 0.15) is 0 Å². The van der Waals surface area contributed by atoms with Crippen molar-refractivity contribution in [1.29, 1.82) is 0 Å². The molecule has 1 fully saturated rings. The highest BCUT2D eigenvalue weighted by molar-refractivity contribution is 14.0. The number of nitrogens with one attached hydrogen (secondary N) is 2. The summed E-state index contributed by atoms with van der Waals surface area (Å²) in [6.07, 6.45) is 9.69. The number of hydrogen-bond acceptors (Lipinski definition) is 3. The number of aliphatic imine (C=N–C) groups is 1. The van der Waals surface area contributed by atoms with Crippen molar-refractivity contribution in [2.24, 2.45) is 12.0 Å². The summed E-state index contributed by atoms with van der Waals surface area (Å²) in [5.41, 5.74) is 1.26. The Labute approximate surface area is 156 Å². The molecule has 1 aromatic rings. The maximum Gasteiger partial charge on any atom is 0.191 e. The number of aliphatic hydroxyl groups is 1. The van der Waals surface area contributed by atoms with E-state index in [2.05, 4.69) is 33.8 Å². The molecule has 132 valence electrons. The van der Waals surface area contributed by atoms with Crippen LogP contribution in [-0.4, -0.2) is 46.1 Å². The number of nitrogens with zero attached hydrogens (tertiary/aromatic N) is 3. The van der Waals surface area contributed by atoms with Gasteiger partial charge in [0.05, 0.1) is 12.3 Å². The van der Waals surface area contributed by atoms with Crippen molar-refractivity contribution < 1.29 is 5.11 Å². The lowest BCUT2D eigenvalue weighted by atomic mass is 9.93. The number of halogens is 1. The summed E-state index contributed by atoms with van der Waals surface area (Å²) in [5.74, 6) is 0.898. The Balaban J connectivity index is 0.00000264. The maximum absolute atomic E-state index is 9.57. The molecule has 0 atom stereocenters. The number of aliphatic hydroxyl groups excluding tert-OH is 1. The van der Waals surface area contributed by atoms with Crippen LogP contribution in [-0.2, 0) is 13.5 Å². The Hall–Kier alpha value is -0.830. The number of guanidine groups is 1. The van der Waals surface area contributed by atoms with Gasteiger partial charge in [0.15, 0.2) is 5.96 Å². The summed E-state index contributed by atoms with van der Waals surface area (Å²) in [6.45, 7) is 3.75. The molecule has 0 saturated heterocycles. The zero-order valence-electron chi connectivity index (χ0n) is 14.2. The third kappa shape index (κ3) is 7.52. The van der Waals surface area contributed by atoms with E-state index in [1.807, 2.05) is 17.9 Å². The minimum atomic E-state index is -0.114. The van der Waals surface area contributed by atoms with Gasteiger partial charge >= 0.3 is 0 Å². The summed E-state index contributed by atoms with van der Waals surface area (Å²) in [6, 6.07) is 0.430. The first-order valence-electron chi connectivity index (χ1n) is 8.37. The molecule has 0 aromatic carbocycles. The van der Waals surface area contributed by atoms with Gasteiger partial charge in [-0.2, -0.15) is 5.10 Å². The van der Waals surface area contributed by atoms with E-state index in [1.54, 1.807) is 0 Å². The molecule has 1 saturated carbocycles. The molecule has 0 bridgehead atoms. The van der Waals surface area contributed by atoms with E-state index in [1.165, 1.54) is 5.56 Å². The van der Waals surface area contributed by atoms with Gasteiger partial charge in [-0.25, -0.2) is 0 Å². The normalized spacial score (nSPS) is 21.6. The first-order valence-corrected chi connectivity index (χ1v) is 8.37. The predicted molar refractivity (Wildman–Crippen MR) is 104 cm³/mol. The molecule has 0 amide bonds. The van der Waals surface area contributed by atoms with Gasteiger partial charge in [0, 0.05) is 32.4 Å². The topological polar surface area (TPSA) is 74.5 Å². The largest absolute Gasteiger partial charge is 0.393 e. The van der Waals surface area contributed by atoms with Gasteiger partial charge in [-0.15, -0.1) is 24.0 Å². The lowest BCUT2D eigenvalue weighted by Crippen LogP contribution is -2.45. The highest BCUT2D eigenvalue weighted by Crippen LogP contribution is 2.18. The summed E-state index contributed by atoms with van der Waals surface area (Å²) in [4.78, 5) is 4.65. The fourth-order valence-corrected chi connectivity index (χ4v) is 2.81. The molecule has 3 N–H and O–H groups in total. The van der Waals surface area contributed by atoms with Gasteiger partial charge in [-0.05, 0) is 51.0 Å². The molecular weight excluding hydrogens is 405 g/mol. The van der Waals surface area contributed by atoms with Crippen molar-refractivity contribution in [3.8, 4) is 0 Å². The van der Waals surface area contributed by atoms with Gasteiger partial charge in [0.2, 0.25) is 0 Å². The van der Waals surface area contributed by atoms with Crippen LogP contribution in [0.3, 0.4) is 0 Å². The summed E-state index contributed by atoms with van der Waals surface area (Å²) < 4.78 is 1.84. The summed E-state index contributed by atoms with van der Waals surface area (Å²) in [7, 11) is 1.94. The fraction of sp³-hybridized carbons (Fsp3) is 0.750. The van der Waals surface area contributed by atoms with Crippen LogP contribution in [0.15, 0.2) is 17.4 Å². The van der Waals surface area contributed by atoms with Crippen LogP contribution >= 0.6 is 24.0 Å². The fourth-order valence-electron chi connectivity index (χ4n) is 2.81. The zero-order valence-corrected chi connectivity index (χ0v) is 16.5. The Bertz CT molecular complexity index is 469. The van der Waals surface area contributed by atoms with E-state index in [-0.39, 0.29) is 30.1 Å². The van der Waals surface area contributed by atoms with E-state index in [0.717, 1.165) is 57.6 Å². The maximum atomic E-state index is 9.57. The van der Waals surface area contributed by atoms with Crippen LogP contribution < -0.4 is 10.6 Å². The Morgan fingerprint density at radius 2 is 2.13 bits per heavy atom. The Kier molecular flexibility index (Phi) is 9.54. The van der Waals surface area contributed by atoms with Gasteiger partial charge in [-0.3, -0.25) is 9.67 Å². The van der Waals surface area contributed by atoms with Crippen LogP contribution in [0.25, 0.3) is 0 Å². The molecule has 23 heavy (non-hydrogen) atoms. The Morgan fingerprint density at radius 1 is 1.39 bits per heavy atom. The third-order valence-electron chi connectivity index (χ3n) is 4.03. The monoisotopic (exact) mass is 435 g/mol. The predicted octanol–water partition coefficient (Wildman–Crippen LogP) is 1.83. The van der Waals surface area contributed by atoms with Crippen LogP contribution in [0.2, 0.25) is 0 Å². The van der Waals surface area contributed by atoms with Gasteiger partial charge in [0.25, 0.3) is 0 Å². The Morgan fingerprint density at radius 3 is 2.74 bits per heavy atom. The zero-order chi connectivity index (χ0) is 15.8. The number of aromatic nitrogens is 2. The minimum Gasteiger partial charge on any atom is -0.393 e. The van der Waals surface area contributed by atoms with E-state index in [0.29, 0.717) is 6.04 Å².